The minimum atomic E-state index is -0.951. The van der Waals surface area contributed by atoms with E-state index in [-0.39, 0.29) is 37.4 Å². The highest BCUT2D eigenvalue weighted by Crippen LogP contribution is 2.40. The topological polar surface area (TPSA) is 111 Å². The monoisotopic (exact) mass is 677 g/mol. The van der Waals surface area contributed by atoms with Crippen LogP contribution in [0, 0.1) is 0 Å². The fraction of sp³-hybridized carbons (Fsp3) is 0.371. The van der Waals surface area contributed by atoms with Crippen LogP contribution in [0.25, 0.3) is 0 Å². The van der Waals surface area contributed by atoms with Crippen LogP contribution >= 0.6 is 23.2 Å². The van der Waals surface area contributed by atoms with E-state index in [0.29, 0.717) is 48.9 Å². The molecule has 0 bridgehead atoms. The molecule has 3 aromatic carbocycles. The Kier molecular flexibility index (Phi) is 9.72. The maximum atomic E-state index is 14.2. The molecule has 0 saturated carbocycles. The quantitative estimate of drug-likeness (QED) is 0.351. The Morgan fingerprint density at radius 2 is 1.60 bits per heavy atom. The summed E-state index contributed by atoms with van der Waals surface area (Å²) in [6.07, 6.45) is 1.51. The van der Waals surface area contributed by atoms with Crippen LogP contribution < -0.4 is 15.5 Å². The van der Waals surface area contributed by atoms with Gasteiger partial charge in [0.1, 0.15) is 18.1 Å². The second kappa shape index (κ2) is 13.9. The van der Waals surface area contributed by atoms with Gasteiger partial charge in [0.05, 0.1) is 19.8 Å². The lowest BCUT2D eigenvalue weighted by Crippen LogP contribution is -2.60. The number of amides is 3. The number of carbonyl (C=O) groups is 4. The number of likely N-dealkylation sites (tertiary alicyclic amines) is 1. The van der Waals surface area contributed by atoms with Crippen LogP contribution in [-0.4, -0.2) is 84.5 Å². The predicted octanol–water partition coefficient (Wildman–Crippen LogP) is 3.58. The summed E-state index contributed by atoms with van der Waals surface area (Å²) in [5.41, 5.74) is 2.98. The number of rotatable bonds is 8. The van der Waals surface area contributed by atoms with Crippen molar-refractivity contribution in [3.05, 3.63) is 99.5 Å². The fourth-order valence-electron chi connectivity index (χ4n) is 6.84. The molecule has 3 aromatic rings. The van der Waals surface area contributed by atoms with E-state index in [2.05, 4.69) is 10.6 Å². The summed E-state index contributed by atoms with van der Waals surface area (Å²) in [6.45, 7) is 1.20. The van der Waals surface area contributed by atoms with Crippen LogP contribution in [0.15, 0.2) is 72.8 Å². The van der Waals surface area contributed by atoms with Gasteiger partial charge in [-0.3, -0.25) is 19.2 Å². The molecule has 0 aromatic heterocycles. The number of nitrogens with zero attached hydrogens (tertiary/aromatic N) is 3. The molecule has 3 amide bonds. The fourth-order valence-corrected chi connectivity index (χ4v) is 7.09. The summed E-state index contributed by atoms with van der Waals surface area (Å²) in [5, 5.41) is 7.51. The molecule has 10 nitrogen and oxygen atoms in total. The van der Waals surface area contributed by atoms with Crippen LogP contribution in [0.3, 0.4) is 0 Å². The van der Waals surface area contributed by atoms with Gasteiger partial charge >= 0.3 is 5.97 Å². The van der Waals surface area contributed by atoms with Crippen LogP contribution in [0.2, 0.25) is 10.0 Å². The number of ether oxygens (including phenoxy) is 1. The molecule has 12 heteroatoms. The molecule has 2 fully saturated rings. The van der Waals surface area contributed by atoms with Crippen LogP contribution in [0.1, 0.15) is 29.5 Å². The van der Waals surface area contributed by atoms with E-state index in [4.69, 9.17) is 27.9 Å². The van der Waals surface area contributed by atoms with Crippen molar-refractivity contribution >= 4 is 52.6 Å². The Morgan fingerprint density at radius 1 is 0.957 bits per heavy atom. The Balaban J connectivity index is 1.20. The van der Waals surface area contributed by atoms with E-state index in [1.807, 2.05) is 53.4 Å². The Labute approximate surface area is 283 Å². The number of methoxy groups -OCH3 is 1. The number of benzene rings is 3. The van der Waals surface area contributed by atoms with Crippen molar-refractivity contribution in [2.24, 2.45) is 0 Å². The molecule has 6 rings (SSSR count). The van der Waals surface area contributed by atoms with Gasteiger partial charge in [0, 0.05) is 41.8 Å². The maximum Gasteiger partial charge on any atom is 0.325 e. The van der Waals surface area contributed by atoms with E-state index in [0.717, 1.165) is 22.4 Å². The zero-order chi connectivity index (χ0) is 33.1. The molecule has 2 N–H and O–H groups in total. The molecule has 3 aliphatic heterocycles. The van der Waals surface area contributed by atoms with Crippen molar-refractivity contribution in [2.45, 2.75) is 49.9 Å². The lowest BCUT2D eigenvalue weighted by molar-refractivity contribution is -0.147. The van der Waals surface area contributed by atoms with Crippen molar-refractivity contribution in [3.8, 4) is 0 Å². The van der Waals surface area contributed by atoms with Gasteiger partial charge in [0.25, 0.3) is 5.91 Å². The number of fused-ring (bicyclic) bond motifs is 1. The molecule has 47 heavy (non-hydrogen) atoms. The third-order valence-electron chi connectivity index (χ3n) is 9.47. The molecular formula is C35H37Cl2N5O5. The molecule has 2 unspecified atom stereocenters. The zero-order valence-corrected chi connectivity index (χ0v) is 27.6. The Bertz CT molecular complexity index is 1640. The van der Waals surface area contributed by atoms with Gasteiger partial charge < -0.3 is 30.1 Å². The van der Waals surface area contributed by atoms with Crippen LogP contribution in [0.5, 0.6) is 0 Å². The number of nitrogens with one attached hydrogen (secondary N) is 2. The van der Waals surface area contributed by atoms with Crippen molar-refractivity contribution < 1.29 is 23.9 Å². The highest BCUT2D eigenvalue weighted by Gasteiger charge is 2.54. The minimum Gasteiger partial charge on any atom is -0.468 e. The molecule has 3 heterocycles. The number of hydrogen-bond acceptors (Lipinski definition) is 7. The SMILES string of the molecule is COC(=O)CN1CN(c2ccc(Cl)cc2)C2(CCN(C(=O)C(Cc3ccc(Cl)cc3)NC(=O)C3Cc4ccccc4CN3)CC2)C1=O. The number of halogens is 2. The lowest BCUT2D eigenvalue weighted by Gasteiger charge is -2.44. The first-order chi connectivity index (χ1) is 22.7. The smallest absolute Gasteiger partial charge is 0.325 e. The Morgan fingerprint density at radius 3 is 2.26 bits per heavy atom. The standard InChI is InChI=1S/C35H37Cl2N5O5/c1-47-31(43)21-41-22-42(28-12-10-27(37)11-13-28)35(34(41)46)14-16-40(17-15-35)33(45)30(18-23-6-8-26(36)9-7-23)39-32(44)29-19-24-4-2-3-5-25(24)20-38-29/h2-13,29-30,38H,14-22H2,1H3,(H,39,44). The number of anilines is 1. The number of carbonyl (C=O) groups excluding carboxylic acids is 4. The first-order valence-electron chi connectivity index (χ1n) is 15.7. The molecule has 3 aliphatic rings. The normalized spacial score (nSPS) is 19.3. The van der Waals surface area contributed by atoms with E-state index >= 15 is 0 Å². The van der Waals surface area contributed by atoms with Gasteiger partial charge in [-0.05, 0) is 72.4 Å². The summed E-state index contributed by atoms with van der Waals surface area (Å²) >= 11 is 12.3. The van der Waals surface area contributed by atoms with E-state index in [1.165, 1.54) is 12.0 Å². The van der Waals surface area contributed by atoms with Gasteiger partial charge in [-0.2, -0.15) is 0 Å². The van der Waals surface area contributed by atoms with Crippen molar-refractivity contribution in [1.29, 1.82) is 0 Å². The second-order valence-electron chi connectivity index (χ2n) is 12.3. The number of piperidine rings is 1. The summed E-state index contributed by atoms with van der Waals surface area (Å²) in [5.74, 6) is -1.14. The largest absolute Gasteiger partial charge is 0.468 e. The highest BCUT2D eigenvalue weighted by molar-refractivity contribution is 6.30. The molecule has 2 atom stereocenters. The van der Waals surface area contributed by atoms with Crippen molar-refractivity contribution in [3.63, 3.8) is 0 Å². The molecule has 1 spiro atoms. The predicted molar refractivity (Wildman–Crippen MR) is 179 cm³/mol. The van der Waals surface area contributed by atoms with E-state index in [9.17, 15) is 19.2 Å². The minimum absolute atomic E-state index is 0.168. The first kappa shape index (κ1) is 32.8. The van der Waals surface area contributed by atoms with Gasteiger partial charge in [-0.15, -0.1) is 0 Å². The van der Waals surface area contributed by atoms with Crippen molar-refractivity contribution in [2.75, 3.05) is 38.3 Å². The summed E-state index contributed by atoms with van der Waals surface area (Å²) in [4.78, 5) is 59.1. The lowest BCUT2D eigenvalue weighted by atomic mass is 9.85. The number of hydrogen-bond donors (Lipinski definition) is 2. The van der Waals surface area contributed by atoms with E-state index < -0.39 is 23.6 Å². The average molecular weight is 679 g/mol. The van der Waals surface area contributed by atoms with Gasteiger partial charge in [0.15, 0.2) is 0 Å². The molecule has 246 valence electrons. The van der Waals surface area contributed by atoms with Crippen LogP contribution in [0.4, 0.5) is 5.69 Å². The summed E-state index contributed by atoms with van der Waals surface area (Å²) in [7, 11) is 1.29. The number of esters is 1. The van der Waals surface area contributed by atoms with Crippen LogP contribution in [-0.2, 0) is 43.3 Å². The van der Waals surface area contributed by atoms with E-state index in [1.54, 1.807) is 29.2 Å². The third kappa shape index (κ3) is 6.95. The second-order valence-corrected chi connectivity index (χ2v) is 13.2. The van der Waals surface area contributed by atoms with Crippen molar-refractivity contribution in [1.82, 2.24) is 20.4 Å². The summed E-state index contributed by atoms with van der Waals surface area (Å²) in [6, 6.07) is 21.2. The molecule has 0 aliphatic carbocycles. The first-order valence-corrected chi connectivity index (χ1v) is 16.5. The van der Waals surface area contributed by atoms with Gasteiger partial charge in [-0.1, -0.05) is 59.6 Å². The molecule has 2 saturated heterocycles. The highest BCUT2D eigenvalue weighted by atomic mass is 35.5. The maximum absolute atomic E-state index is 14.2. The Hall–Kier alpha value is -4.12. The third-order valence-corrected chi connectivity index (χ3v) is 9.97. The average Bonchev–Trinajstić information content (AvgIpc) is 3.34. The molecule has 0 radical (unpaired) electrons. The van der Waals surface area contributed by atoms with Gasteiger partial charge in [-0.25, -0.2) is 0 Å². The summed E-state index contributed by atoms with van der Waals surface area (Å²) < 4.78 is 4.85. The van der Waals surface area contributed by atoms with Gasteiger partial charge in [0.2, 0.25) is 11.8 Å². The zero-order valence-electron chi connectivity index (χ0n) is 26.1. The molecular weight excluding hydrogens is 641 g/mol.